The highest BCUT2D eigenvalue weighted by molar-refractivity contribution is 5.77. The fourth-order valence-electron chi connectivity index (χ4n) is 4.16. The van der Waals surface area contributed by atoms with Crippen LogP contribution in [0.25, 0.3) is 0 Å². The maximum absolute atomic E-state index is 13.7. The van der Waals surface area contributed by atoms with Gasteiger partial charge in [-0.2, -0.15) is 0 Å². The van der Waals surface area contributed by atoms with E-state index in [1.54, 1.807) is 6.07 Å². The van der Waals surface area contributed by atoms with Crippen molar-refractivity contribution in [3.05, 3.63) is 71.5 Å². The minimum absolute atomic E-state index is 0.144. The maximum Gasteiger partial charge on any atom is 0.324 e. The van der Waals surface area contributed by atoms with Crippen molar-refractivity contribution in [2.75, 3.05) is 13.1 Å². The number of ether oxygens (including phenoxy) is 1. The van der Waals surface area contributed by atoms with Crippen LogP contribution in [-0.4, -0.2) is 36.3 Å². The number of halogens is 1. The lowest BCUT2D eigenvalue weighted by Crippen LogP contribution is -2.49. The van der Waals surface area contributed by atoms with Crippen LogP contribution in [0.3, 0.4) is 0 Å². The Kier molecular flexibility index (Phi) is 6.48. The standard InChI is InChI=1S/C24H28FNO3/c1-24(2,3)22(23(28)29-16-17-8-5-4-6-9-17)26-13-19(15-27)21(14-26)18-10-7-11-20(25)12-18/h4-12,15,19,21-22H,13-14,16H2,1-3H3/t19-,21-,22+/m1/s1. The first-order valence-corrected chi connectivity index (χ1v) is 9.95. The van der Waals surface area contributed by atoms with E-state index in [0.29, 0.717) is 13.1 Å². The zero-order chi connectivity index (χ0) is 21.0. The molecule has 2 aromatic carbocycles. The lowest BCUT2D eigenvalue weighted by Gasteiger charge is -2.36. The van der Waals surface area contributed by atoms with Gasteiger partial charge in [0.15, 0.2) is 0 Å². The lowest BCUT2D eigenvalue weighted by atomic mass is 9.85. The van der Waals surface area contributed by atoms with Gasteiger partial charge in [0, 0.05) is 24.9 Å². The molecule has 0 N–H and O–H groups in total. The average Bonchev–Trinajstić information content (AvgIpc) is 3.10. The number of hydrogen-bond donors (Lipinski definition) is 0. The number of likely N-dealkylation sites (tertiary alicyclic amines) is 1. The van der Waals surface area contributed by atoms with E-state index in [4.69, 9.17) is 4.74 Å². The van der Waals surface area contributed by atoms with Gasteiger partial charge in [-0.1, -0.05) is 63.2 Å². The predicted molar refractivity (Wildman–Crippen MR) is 110 cm³/mol. The van der Waals surface area contributed by atoms with Gasteiger partial charge in [0.1, 0.15) is 24.8 Å². The molecule has 0 saturated carbocycles. The summed E-state index contributed by atoms with van der Waals surface area (Å²) in [5, 5.41) is 0. The Morgan fingerprint density at radius 3 is 2.52 bits per heavy atom. The molecule has 29 heavy (non-hydrogen) atoms. The minimum Gasteiger partial charge on any atom is -0.460 e. The average molecular weight is 397 g/mol. The van der Waals surface area contributed by atoms with Crippen LogP contribution in [0, 0.1) is 17.2 Å². The molecule has 1 heterocycles. The Balaban J connectivity index is 1.78. The molecule has 0 unspecified atom stereocenters. The van der Waals surface area contributed by atoms with Crippen molar-refractivity contribution in [2.24, 2.45) is 11.3 Å². The number of benzene rings is 2. The molecule has 1 saturated heterocycles. The van der Waals surface area contributed by atoms with Crippen LogP contribution in [0.2, 0.25) is 0 Å². The van der Waals surface area contributed by atoms with E-state index in [2.05, 4.69) is 0 Å². The molecular weight excluding hydrogens is 369 g/mol. The lowest BCUT2D eigenvalue weighted by molar-refractivity contribution is -0.155. The number of aldehydes is 1. The van der Waals surface area contributed by atoms with E-state index < -0.39 is 6.04 Å². The third kappa shape index (κ3) is 5.10. The highest BCUT2D eigenvalue weighted by Crippen LogP contribution is 2.37. The molecule has 154 valence electrons. The van der Waals surface area contributed by atoms with E-state index in [1.165, 1.54) is 12.1 Å². The molecule has 1 aliphatic rings. The topological polar surface area (TPSA) is 46.6 Å². The SMILES string of the molecule is CC(C)(C)[C@H](C(=O)OCc1ccccc1)N1C[C@H](c2cccc(F)c2)[C@@H](C=O)C1. The zero-order valence-corrected chi connectivity index (χ0v) is 17.2. The molecule has 3 atom stereocenters. The number of hydrogen-bond acceptors (Lipinski definition) is 4. The van der Waals surface area contributed by atoms with Gasteiger partial charge >= 0.3 is 5.97 Å². The summed E-state index contributed by atoms with van der Waals surface area (Å²) in [6.45, 7) is 7.15. The van der Waals surface area contributed by atoms with Gasteiger partial charge in [-0.25, -0.2) is 4.39 Å². The predicted octanol–water partition coefficient (Wildman–Crippen LogP) is 4.20. The Hall–Kier alpha value is -2.53. The van der Waals surface area contributed by atoms with E-state index >= 15 is 0 Å². The number of rotatable bonds is 6. The van der Waals surface area contributed by atoms with Gasteiger partial charge in [0.25, 0.3) is 0 Å². The molecule has 0 spiro atoms. The maximum atomic E-state index is 13.7. The molecule has 4 nitrogen and oxygen atoms in total. The van der Waals surface area contributed by atoms with Crippen molar-refractivity contribution in [3.63, 3.8) is 0 Å². The third-order valence-corrected chi connectivity index (χ3v) is 5.48. The highest BCUT2D eigenvalue weighted by Gasteiger charge is 2.44. The number of carbonyl (C=O) groups excluding carboxylic acids is 2. The van der Waals surface area contributed by atoms with Gasteiger partial charge in [-0.15, -0.1) is 0 Å². The summed E-state index contributed by atoms with van der Waals surface area (Å²) in [5.74, 6) is -1.05. The Morgan fingerprint density at radius 2 is 1.90 bits per heavy atom. The van der Waals surface area contributed by atoms with Gasteiger partial charge in [0.05, 0.1) is 0 Å². The Labute approximate surface area is 171 Å². The molecular formula is C24H28FNO3. The molecule has 0 aromatic heterocycles. The van der Waals surface area contributed by atoms with Crippen molar-refractivity contribution in [1.82, 2.24) is 4.90 Å². The number of carbonyl (C=O) groups is 2. The summed E-state index contributed by atoms with van der Waals surface area (Å²) >= 11 is 0. The number of nitrogens with zero attached hydrogens (tertiary/aromatic N) is 1. The summed E-state index contributed by atoms with van der Waals surface area (Å²) in [5.41, 5.74) is 1.34. The molecule has 3 rings (SSSR count). The molecule has 5 heteroatoms. The quantitative estimate of drug-likeness (QED) is 0.541. The monoisotopic (exact) mass is 397 g/mol. The molecule has 0 aliphatic carbocycles. The Bertz CT molecular complexity index is 847. The second-order valence-electron chi connectivity index (χ2n) is 8.78. The van der Waals surface area contributed by atoms with Crippen LogP contribution in [0.15, 0.2) is 54.6 Å². The second kappa shape index (κ2) is 8.87. The molecule has 0 radical (unpaired) electrons. The fraction of sp³-hybridized carbons (Fsp3) is 0.417. The third-order valence-electron chi connectivity index (χ3n) is 5.48. The summed E-state index contributed by atoms with van der Waals surface area (Å²) in [7, 11) is 0. The number of esters is 1. The molecule has 0 bridgehead atoms. The van der Waals surface area contributed by atoms with E-state index in [1.807, 2.05) is 62.1 Å². The minimum atomic E-state index is -0.493. The summed E-state index contributed by atoms with van der Waals surface area (Å²) < 4.78 is 19.3. The van der Waals surface area contributed by atoms with E-state index in [-0.39, 0.29) is 35.6 Å². The normalized spacial score (nSPS) is 21.0. The smallest absolute Gasteiger partial charge is 0.324 e. The summed E-state index contributed by atoms with van der Waals surface area (Å²) in [6, 6.07) is 15.4. The van der Waals surface area contributed by atoms with Crippen LogP contribution in [0.5, 0.6) is 0 Å². The highest BCUT2D eigenvalue weighted by atomic mass is 19.1. The molecule has 0 amide bonds. The first-order chi connectivity index (χ1) is 13.8. The van der Waals surface area contributed by atoms with Crippen molar-refractivity contribution in [1.29, 1.82) is 0 Å². The molecule has 2 aromatic rings. The van der Waals surface area contributed by atoms with Crippen molar-refractivity contribution >= 4 is 12.3 Å². The van der Waals surface area contributed by atoms with Gasteiger partial charge in [0.2, 0.25) is 0 Å². The fourth-order valence-corrected chi connectivity index (χ4v) is 4.16. The Morgan fingerprint density at radius 1 is 1.17 bits per heavy atom. The van der Waals surface area contributed by atoms with Crippen molar-refractivity contribution in [2.45, 2.75) is 39.3 Å². The zero-order valence-electron chi connectivity index (χ0n) is 17.2. The van der Waals surface area contributed by atoms with E-state index in [9.17, 15) is 14.0 Å². The first kappa shape index (κ1) is 21.2. The summed E-state index contributed by atoms with van der Waals surface area (Å²) in [4.78, 5) is 26.8. The summed E-state index contributed by atoms with van der Waals surface area (Å²) in [6.07, 6.45) is 0.921. The first-order valence-electron chi connectivity index (χ1n) is 9.95. The van der Waals surface area contributed by atoms with Crippen LogP contribution >= 0.6 is 0 Å². The van der Waals surface area contributed by atoms with Crippen molar-refractivity contribution in [3.8, 4) is 0 Å². The second-order valence-corrected chi connectivity index (χ2v) is 8.78. The van der Waals surface area contributed by atoms with Crippen molar-refractivity contribution < 1.29 is 18.7 Å². The van der Waals surface area contributed by atoms with Gasteiger partial charge in [-0.05, 0) is 28.7 Å². The molecule has 1 aliphatic heterocycles. The van der Waals surface area contributed by atoms with Crippen LogP contribution in [0.1, 0.15) is 37.8 Å². The van der Waals surface area contributed by atoms with Crippen LogP contribution in [0.4, 0.5) is 4.39 Å². The van der Waals surface area contributed by atoms with Gasteiger partial charge < -0.3 is 9.53 Å². The van der Waals surface area contributed by atoms with Crippen LogP contribution < -0.4 is 0 Å². The largest absolute Gasteiger partial charge is 0.460 e. The van der Waals surface area contributed by atoms with Crippen LogP contribution in [-0.2, 0) is 20.9 Å². The molecule has 1 fully saturated rings. The van der Waals surface area contributed by atoms with Gasteiger partial charge in [-0.3, -0.25) is 9.69 Å². The van der Waals surface area contributed by atoms with E-state index in [0.717, 1.165) is 17.4 Å².